The summed E-state index contributed by atoms with van der Waals surface area (Å²) in [6.45, 7) is 3.14. The molecule has 0 fully saturated rings. The topological polar surface area (TPSA) is 50.1 Å². The summed E-state index contributed by atoms with van der Waals surface area (Å²) in [6.07, 6.45) is 0. The molecule has 0 bridgehead atoms. The van der Waals surface area contributed by atoms with Crippen molar-refractivity contribution >= 4 is 5.78 Å². The van der Waals surface area contributed by atoms with Crippen molar-refractivity contribution in [3.8, 4) is 6.07 Å². The maximum absolute atomic E-state index is 10.5. The molecule has 0 rings (SSSR count). The van der Waals surface area contributed by atoms with Crippen molar-refractivity contribution in [1.29, 1.82) is 5.26 Å². The van der Waals surface area contributed by atoms with Crippen LogP contribution in [0.15, 0.2) is 12.2 Å². The number of nitriles is 1. The number of hydrogen-bond acceptors (Lipinski definition) is 3. The molecule has 3 nitrogen and oxygen atoms in total. The highest BCUT2D eigenvalue weighted by Crippen LogP contribution is 1.88. The number of carbonyl (C=O) groups is 1. The Kier molecular flexibility index (Phi) is 3.33. The van der Waals surface area contributed by atoms with Gasteiger partial charge in [-0.05, 0) is 0 Å². The van der Waals surface area contributed by atoms with E-state index in [0.717, 1.165) is 0 Å². The van der Waals surface area contributed by atoms with Crippen LogP contribution in [0.4, 0.5) is 0 Å². The fourth-order valence-corrected chi connectivity index (χ4v) is 0.281. The molecule has 0 unspecified atom stereocenters. The summed E-state index contributed by atoms with van der Waals surface area (Å²) in [6, 6.07) is 1.63. The van der Waals surface area contributed by atoms with Crippen LogP contribution in [0, 0.1) is 11.3 Å². The van der Waals surface area contributed by atoms with E-state index in [1.54, 1.807) is 6.07 Å². The quantitative estimate of drug-likeness (QED) is 0.402. The highest BCUT2D eigenvalue weighted by atomic mass is 16.5. The molecule has 0 atom stereocenters. The van der Waals surface area contributed by atoms with E-state index in [4.69, 9.17) is 5.26 Å². The summed E-state index contributed by atoms with van der Waals surface area (Å²) < 4.78 is 4.47. The summed E-state index contributed by atoms with van der Waals surface area (Å²) >= 11 is 0. The zero-order chi connectivity index (χ0) is 7.28. The standard InChI is InChI=1S/C6H7NO2/c1-5(3-7)6(8)4-9-2/h1,4H2,2H3. The summed E-state index contributed by atoms with van der Waals surface area (Å²) in [5.74, 6) is -0.361. The second-order valence-electron chi connectivity index (χ2n) is 1.45. The molecule has 0 amide bonds. The minimum atomic E-state index is -0.361. The Labute approximate surface area is 53.5 Å². The first-order valence-electron chi connectivity index (χ1n) is 2.33. The molecule has 0 aliphatic carbocycles. The third-order valence-corrected chi connectivity index (χ3v) is 0.747. The number of nitrogens with zero attached hydrogens (tertiary/aromatic N) is 1. The van der Waals surface area contributed by atoms with Gasteiger partial charge in [0.25, 0.3) is 0 Å². The molecule has 3 heteroatoms. The van der Waals surface area contributed by atoms with E-state index < -0.39 is 0 Å². The highest BCUT2D eigenvalue weighted by molar-refractivity contribution is 5.99. The molecule has 0 radical (unpaired) electrons. The van der Waals surface area contributed by atoms with Gasteiger partial charge in [-0.25, -0.2) is 0 Å². The third-order valence-electron chi connectivity index (χ3n) is 0.747. The lowest BCUT2D eigenvalue weighted by molar-refractivity contribution is -0.118. The highest BCUT2D eigenvalue weighted by Gasteiger charge is 2.03. The van der Waals surface area contributed by atoms with E-state index in [1.165, 1.54) is 7.11 Å². The summed E-state index contributed by atoms with van der Waals surface area (Å²) in [7, 11) is 1.39. The molecule has 0 aliphatic rings. The predicted octanol–water partition coefficient (Wildman–Crippen LogP) is 0.282. The Hall–Kier alpha value is -1.14. The number of ketones is 1. The zero-order valence-electron chi connectivity index (χ0n) is 5.18. The normalized spacial score (nSPS) is 8.00. The van der Waals surface area contributed by atoms with Crippen LogP contribution in [0.1, 0.15) is 0 Å². The summed E-state index contributed by atoms with van der Waals surface area (Å²) in [5, 5.41) is 8.11. The second kappa shape index (κ2) is 3.81. The Morgan fingerprint density at radius 3 is 2.78 bits per heavy atom. The van der Waals surface area contributed by atoms with Crippen LogP contribution >= 0.6 is 0 Å². The molecular formula is C6H7NO2. The van der Waals surface area contributed by atoms with Crippen LogP contribution in [0.3, 0.4) is 0 Å². The molecular weight excluding hydrogens is 118 g/mol. The fraction of sp³-hybridized carbons (Fsp3) is 0.333. The molecule has 9 heavy (non-hydrogen) atoms. The molecule has 0 aromatic carbocycles. The molecule has 0 aromatic heterocycles. The van der Waals surface area contributed by atoms with Gasteiger partial charge in [-0.1, -0.05) is 6.58 Å². The minimum Gasteiger partial charge on any atom is -0.377 e. The largest absolute Gasteiger partial charge is 0.377 e. The molecule has 0 saturated carbocycles. The van der Waals surface area contributed by atoms with Crippen molar-refractivity contribution in [1.82, 2.24) is 0 Å². The Morgan fingerprint density at radius 2 is 2.44 bits per heavy atom. The van der Waals surface area contributed by atoms with Crippen molar-refractivity contribution < 1.29 is 9.53 Å². The van der Waals surface area contributed by atoms with Gasteiger partial charge in [0, 0.05) is 7.11 Å². The van der Waals surface area contributed by atoms with E-state index in [9.17, 15) is 4.79 Å². The average Bonchev–Trinajstić information content (AvgIpc) is 1.87. The first-order valence-corrected chi connectivity index (χ1v) is 2.33. The van der Waals surface area contributed by atoms with Crippen molar-refractivity contribution in [2.75, 3.05) is 13.7 Å². The van der Waals surface area contributed by atoms with Crippen molar-refractivity contribution in [2.45, 2.75) is 0 Å². The van der Waals surface area contributed by atoms with Crippen LogP contribution in [-0.4, -0.2) is 19.5 Å². The first kappa shape index (κ1) is 7.86. The lowest BCUT2D eigenvalue weighted by Crippen LogP contribution is -2.07. The van der Waals surface area contributed by atoms with Gasteiger partial charge in [-0.2, -0.15) is 5.26 Å². The van der Waals surface area contributed by atoms with Crippen LogP contribution in [0.25, 0.3) is 0 Å². The summed E-state index contributed by atoms with van der Waals surface area (Å²) in [4.78, 5) is 10.5. The number of rotatable bonds is 3. The van der Waals surface area contributed by atoms with E-state index in [2.05, 4.69) is 11.3 Å². The Balaban J connectivity index is 3.78. The average molecular weight is 125 g/mol. The third kappa shape index (κ3) is 2.62. The maximum atomic E-state index is 10.5. The molecule has 0 N–H and O–H groups in total. The predicted molar refractivity (Wildman–Crippen MR) is 31.6 cm³/mol. The van der Waals surface area contributed by atoms with Crippen molar-refractivity contribution in [3.05, 3.63) is 12.2 Å². The minimum absolute atomic E-state index is 0.0585. The zero-order valence-corrected chi connectivity index (χ0v) is 5.18. The molecule has 0 spiro atoms. The monoisotopic (exact) mass is 125 g/mol. The molecule has 0 heterocycles. The van der Waals surface area contributed by atoms with E-state index in [-0.39, 0.29) is 18.0 Å². The number of methoxy groups -OCH3 is 1. The van der Waals surface area contributed by atoms with E-state index in [1.807, 2.05) is 0 Å². The number of carbonyl (C=O) groups excluding carboxylic acids is 1. The Morgan fingerprint density at radius 1 is 1.89 bits per heavy atom. The second-order valence-corrected chi connectivity index (χ2v) is 1.45. The molecule has 0 aliphatic heterocycles. The number of Topliss-reactive ketones (excluding diaryl/α,β-unsaturated/α-hetero) is 1. The first-order chi connectivity index (χ1) is 4.22. The smallest absolute Gasteiger partial charge is 0.198 e. The van der Waals surface area contributed by atoms with Gasteiger partial charge >= 0.3 is 0 Å². The van der Waals surface area contributed by atoms with E-state index in [0.29, 0.717) is 0 Å². The SMILES string of the molecule is C=C(C#N)C(=O)COC. The van der Waals surface area contributed by atoms with Gasteiger partial charge in [-0.3, -0.25) is 4.79 Å². The lowest BCUT2D eigenvalue weighted by atomic mass is 10.2. The van der Waals surface area contributed by atoms with Gasteiger partial charge in [0.1, 0.15) is 12.7 Å². The lowest BCUT2D eigenvalue weighted by Gasteiger charge is -1.91. The molecule has 48 valence electrons. The van der Waals surface area contributed by atoms with Gasteiger partial charge in [0.2, 0.25) is 0 Å². The van der Waals surface area contributed by atoms with E-state index >= 15 is 0 Å². The van der Waals surface area contributed by atoms with Crippen LogP contribution in [0.5, 0.6) is 0 Å². The molecule has 0 saturated heterocycles. The number of ether oxygens (including phenoxy) is 1. The molecule has 0 aromatic rings. The van der Waals surface area contributed by atoms with Gasteiger partial charge in [0.05, 0.1) is 5.57 Å². The van der Waals surface area contributed by atoms with Gasteiger partial charge in [-0.15, -0.1) is 0 Å². The number of hydrogen-bond donors (Lipinski definition) is 0. The summed E-state index contributed by atoms with van der Waals surface area (Å²) in [5.41, 5.74) is -0.0585. The van der Waals surface area contributed by atoms with Crippen molar-refractivity contribution in [2.24, 2.45) is 0 Å². The van der Waals surface area contributed by atoms with Crippen LogP contribution < -0.4 is 0 Å². The van der Waals surface area contributed by atoms with Gasteiger partial charge in [0.15, 0.2) is 5.78 Å². The van der Waals surface area contributed by atoms with Gasteiger partial charge < -0.3 is 4.74 Å². The van der Waals surface area contributed by atoms with Crippen LogP contribution in [-0.2, 0) is 9.53 Å². The Bertz CT molecular complexity index is 166. The fourth-order valence-electron chi connectivity index (χ4n) is 0.281. The maximum Gasteiger partial charge on any atom is 0.198 e. The van der Waals surface area contributed by atoms with Crippen molar-refractivity contribution in [3.63, 3.8) is 0 Å². The van der Waals surface area contributed by atoms with Crippen LogP contribution in [0.2, 0.25) is 0 Å².